The van der Waals surface area contributed by atoms with Crippen molar-refractivity contribution in [3.63, 3.8) is 0 Å². The highest BCUT2D eigenvalue weighted by atomic mass is 32.2. The van der Waals surface area contributed by atoms with Gasteiger partial charge in [-0.05, 0) is 60.7 Å². The quantitative estimate of drug-likeness (QED) is 0.273. The fourth-order valence-electron chi connectivity index (χ4n) is 5.10. The van der Waals surface area contributed by atoms with Crippen molar-refractivity contribution in [3.8, 4) is 0 Å². The molecule has 1 amide bonds. The number of aromatic nitrogens is 2. The number of halogens is 3. The van der Waals surface area contributed by atoms with E-state index in [1.54, 1.807) is 24.3 Å². The summed E-state index contributed by atoms with van der Waals surface area (Å²) in [5, 5.41) is 11.8. The minimum absolute atomic E-state index is 0.0868. The molecule has 12 heteroatoms. The molecule has 1 saturated carbocycles. The number of hydrogen-bond donors (Lipinski definition) is 2. The van der Waals surface area contributed by atoms with E-state index in [0.29, 0.717) is 24.9 Å². The number of carbonyl (C=O) groups is 1. The molecule has 0 bridgehead atoms. The number of aryl methyl sites for hydroxylation is 1. The van der Waals surface area contributed by atoms with Gasteiger partial charge in [0.2, 0.25) is 5.13 Å². The second-order valence-electron chi connectivity index (χ2n) is 10.5. The van der Waals surface area contributed by atoms with Gasteiger partial charge in [0.1, 0.15) is 5.01 Å². The average Bonchev–Trinajstić information content (AvgIpc) is 3.57. The van der Waals surface area contributed by atoms with Crippen molar-refractivity contribution in [1.29, 1.82) is 0 Å². The van der Waals surface area contributed by atoms with Gasteiger partial charge in [0.25, 0.3) is 15.9 Å². The summed E-state index contributed by atoms with van der Waals surface area (Å²) < 4.78 is 68.0. The van der Waals surface area contributed by atoms with E-state index < -0.39 is 33.1 Å². The summed E-state index contributed by atoms with van der Waals surface area (Å²) in [4.78, 5) is 13.2. The molecule has 7 nitrogen and oxygen atoms in total. The molecular weight excluding hydrogens is 561 g/mol. The van der Waals surface area contributed by atoms with Crippen LogP contribution in [0.25, 0.3) is 0 Å². The molecule has 0 atom stereocenters. The molecule has 1 aliphatic rings. The molecule has 1 heterocycles. The molecule has 2 aromatic carbocycles. The minimum atomic E-state index is -4.48. The average molecular weight is 595 g/mol. The summed E-state index contributed by atoms with van der Waals surface area (Å²) in [6, 6.07) is 9.87. The van der Waals surface area contributed by atoms with E-state index in [-0.39, 0.29) is 21.5 Å². The zero-order valence-electron chi connectivity index (χ0n) is 22.6. The predicted molar refractivity (Wildman–Crippen MR) is 149 cm³/mol. The summed E-state index contributed by atoms with van der Waals surface area (Å²) in [6.07, 6.45) is -0.00738. The third-order valence-electron chi connectivity index (χ3n) is 7.28. The summed E-state index contributed by atoms with van der Waals surface area (Å²) in [5.41, 5.74) is 0.355. The first-order valence-corrected chi connectivity index (χ1v) is 15.6. The highest BCUT2D eigenvalue weighted by Crippen LogP contribution is 2.41. The SMILES string of the molecule is CCCc1cc(C(F)(F)F)ccc1C(=O)NCC1(c2ccc(S(=O)(=O)Nc3nnc(C(C)C)s3)cc2)CCCC1. The van der Waals surface area contributed by atoms with Gasteiger partial charge in [0.05, 0.1) is 10.5 Å². The lowest BCUT2D eigenvalue weighted by Crippen LogP contribution is -2.39. The summed E-state index contributed by atoms with van der Waals surface area (Å²) in [7, 11) is -3.86. The van der Waals surface area contributed by atoms with E-state index in [1.807, 2.05) is 20.8 Å². The van der Waals surface area contributed by atoms with Crippen LogP contribution in [0.4, 0.5) is 18.3 Å². The fraction of sp³-hybridized carbons (Fsp3) is 0.464. The monoisotopic (exact) mass is 594 g/mol. The number of amides is 1. The summed E-state index contributed by atoms with van der Waals surface area (Å²) >= 11 is 1.19. The molecule has 3 aromatic rings. The first-order valence-electron chi connectivity index (χ1n) is 13.3. The van der Waals surface area contributed by atoms with Crippen LogP contribution >= 0.6 is 11.3 Å². The largest absolute Gasteiger partial charge is 0.416 e. The molecule has 0 unspecified atom stereocenters. The Bertz CT molecular complexity index is 1450. The zero-order valence-corrected chi connectivity index (χ0v) is 24.3. The Hall–Kier alpha value is -2.99. The normalized spacial score (nSPS) is 15.4. The summed E-state index contributed by atoms with van der Waals surface area (Å²) in [5.74, 6) is -0.278. The number of sulfonamides is 1. The Labute approximate surface area is 236 Å². The molecule has 4 rings (SSSR count). The van der Waals surface area contributed by atoms with Crippen LogP contribution in [0.1, 0.15) is 90.8 Å². The van der Waals surface area contributed by atoms with Crippen molar-refractivity contribution in [2.24, 2.45) is 0 Å². The van der Waals surface area contributed by atoms with E-state index in [4.69, 9.17) is 0 Å². The van der Waals surface area contributed by atoms with Crippen LogP contribution in [0, 0.1) is 0 Å². The standard InChI is InChI=1S/C28H33F3N4O3S2/c1-4-7-19-16-21(28(29,30)31)10-13-23(19)24(36)32-17-27(14-5-6-15-27)20-8-11-22(12-9-20)40(37,38)35-26-34-33-25(39-26)18(2)3/h8-13,16,18H,4-7,14-15,17H2,1-3H3,(H,32,36)(H,34,35). The van der Waals surface area contributed by atoms with Gasteiger partial charge in [0.15, 0.2) is 0 Å². The van der Waals surface area contributed by atoms with Gasteiger partial charge in [0, 0.05) is 23.4 Å². The van der Waals surface area contributed by atoms with Crippen LogP contribution in [0.5, 0.6) is 0 Å². The lowest BCUT2D eigenvalue weighted by Gasteiger charge is -2.30. The van der Waals surface area contributed by atoms with Gasteiger partial charge in [-0.25, -0.2) is 8.42 Å². The number of hydrogen-bond acceptors (Lipinski definition) is 6. The molecule has 0 spiro atoms. The molecule has 0 saturated heterocycles. The van der Waals surface area contributed by atoms with Crippen LogP contribution in [-0.4, -0.2) is 31.1 Å². The van der Waals surface area contributed by atoms with Gasteiger partial charge >= 0.3 is 6.18 Å². The Morgan fingerprint density at radius 3 is 2.33 bits per heavy atom. The molecule has 40 heavy (non-hydrogen) atoms. The lowest BCUT2D eigenvalue weighted by molar-refractivity contribution is -0.137. The molecule has 2 N–H and O–H groups in total. The van der Waals surface area contributed by atoms with E-state index in [9.17, 15) is 26.4 Å². The van der Waals surface area contributed by atoms with Gasteiger partial charge in [-0.2, -0.15) is 13.2 Å². The maximum absolute atomic E-state index is 13.2. The van der Waals surface area contributed by atoms with Gasteiger partial charge < -0.3 is 5.32 Å². The Balaban J connectivity index is 1.51. The molecule has 0 radical (unpaired) electrons. The smallest absolute Gasteiger partial charge is 0.351 e. The van der Waals surface area contributed by atoms with Gasteiger partial charge in [-0.1, -0.05) is 63.5 Å². The second-order valence-corrected chi connectivity index (χ2v) is 13.2. The first-order chi connectivity index (χ1) is 18.8. The second kappa shape index (κ2) is 11.9. The van der Waals surface area contributed by atoms with Crippen molar-refractivity contribution in [1.82, 2.24) is 15.5 Å². The molecule has 1 fully saturated rings. The van der Waals surface area contributed by atoms with E-state index in [0.717, 1.165) is 48.4 Å². The van der Waals surface area contributed by atoms with E-state index in [2.05, 4.69) is 20.2 Å². The first kappa shape index (κ1) is 30.0. The topological polar surface area (TPSA) is 101 Å². The van der Waals surface area contributed by atoms with E-state index >= 15 is 0 Å². The van der Waals surface area contributed by atoms with Crippen molar-refractivity contribution in [3.05, 3.63) is 69.7 Å². The third kappa shape index (κ3) is 6.65. The summed E-state index contributed by atoms with van der Waals surface area (Å²) in [6.45, 7) is 6.05. The molecule has 216 valence electrons. The number of benzene rings is 2. The fourth-order valence-corrected chi connectivity index (χ4v) is 7.08. The van der Waals surface area contributed by atoms with Crippen molar-refractivity contribution in [2.75, 3.05) is 11.3 Å². The Morgan fingerprint density at radius 2 is 1.75 bits per heavy atom. The molecule has 1 aromatic heterocycles. The maximum atomic E-state index is 13.2. The number of nitrogens with zero attached hydrogens (tertiary/aromatic N) is 2. The minimum Gasteiger partial charge on any atom is -0.351 e. The number of rotatable bonds is 10. The van der Waals surface area contributed by atoms with Crippen LogP contribution in [0.15, 0.2) is 47.4 Å². The van der Waals surface area contributed by atoms with Gasteiger partial charge in [-0.15, -0.1) is 10.2 Å². The van der Waals surface area contributed by atoms with E-state index in [1.165, 1.54) is 17.4 Å². The third-order valence-corrected chi connectivity index (χ3v) is 9.90. The molecule has 1 aliphatic carbocycles. The highest BCUT2D eigenvalue weighted by molar-refractivity contribution is 7.93. The highest BCUT2D eigenvalue weighted by Gasteiger charge is 2.37. The van der Waals surface area contributed by atoms with Gasteiger partial charge in [-0.3, -0.25) is 9.52 Å². The lowest BCUT2D eigenvalue weighted by atomic mass is 9.78. The Kier molecular flexibility index (Phi) is 8.89. The van der Waals surface area contributed by atoms with Crippen molar-refractivity contribution < 1.29 is 26.4 Å². The van der Waals surface area contributed by atoms with Crippen LogP contribution < -0.4 is 10.0 Å². The molecule has 0 aliphatic heterocycles. The number of carbonyl (C=O) groups excluding carboxylic acids is 1. The maximum Gasteiger partial charge on any atom is 0.416 e. The van der Waals surface area contributed by atoms with Crippen LogP contribution in [0.3, 0.4) is 0 Å². The number of nitrogens with one attached hydrogen (secondary N) is 2. The van der Waals surface area contributed by atoms with Crippen molar-refractivity contribution >= 4 is 32.4 Å². The number of alkyl halides is 3. The van der Waals surface area contributed by atoms with Crippen molar-refractivity contribution in [2.45, 2.75) is 81.7 Å². The molecular formula is C28H33F3N4O3S2. The van der Waals surface area contributed by atoms with Crippen LogP contribution in [-0.2, 0) is 28.0 Å². The van der Waals surface area contributed by atoms with Crippen LogP contribution in [0.2, 0.25) is 0 Å². The Morgan fingerprint density at radius 1 is 1.07 bits per heavy atom. The number of anilines is 1. The zero-order chi connectivity index (χ0) is 29.1. The predicted octanol–water partition coefficient (Wildman–Crippen LogP) is 6.68.